The molecule has 2 saturated carbocycles. The molecule has 0 radical (unpaired) electrons. The van der Waals surface area contributed by atoms with E-state index in [0.717, 1.165) is 37.7 Å². The van der Waals surface area contributed by atoms with Crippen molar-refractivity contribution in [2.75, 3.05) is 17.2 Å². The third kappa shape index (κ3) is 4.59. The topological polar surface area (TPSA) is 83.6 Å². The van der Waals surface area contributed by atoms with Crippen molar-refractivity contribution in [3.05, 3.63) is 22.2 Å². The first-order chi connectivity index (χ1) is 14.3. The van der Waals surface area contributed by atoms with E-state index in [9.17, 15) is 18.0 Å². The molecule has 6 nitrogen and oxygen atoms in total. The van der Waals surface area contributed by atoms with Crippen LogP contribution in [-0.2, 0) is 25.8 Å². The van der Waals surface area contributed by atoms with E-state index in [1.165, 1.54) is 6.42 Å². The molecular formula is C22H29BrN2O4S. The molecular weight excluding hydrogens is 468 g/mol. The van der Waals surface area contributed by atoms with E-state index in [0.29, 0.717) is 29.0 Å². The molecule has 2 aliphatic carbocycles. The molecule has 164 valence electrons. The average Bonchev–Trinajstić information content (AvgIpc) is 3.47. The molecule has 1 aromatic rings. The number of amides is 2. The van der Waals surface area contributed by atoms with Gasteiger partial charge >= 0.3 is 0 Å². The Balaban J connectivity index is 1.50. The fraction of sp³-hybridized carbons (Fsp3) is 0.636. The maximum absolute atomic E-state index is 13.2. The summed E-state index contributed by atoms with van der Waals surface area (Å²) in [5, 5.41) is 3.03. The lowest BCUT2D eigenvalue weighted by Crippen LogP contribution is -2.41. The SMILES string of the molecule is C[C@@H]1CCCC[C@@H]1NC(=O)CCS(=O)(=O)c1cc(Br)cc2c1N(C(=O)C1CC1)CC2. The van der Waals surface area contributed by atoms with Gasteiger partial charge in [0, 0.05) is 29.4 Å². The number of hydrogen-bond acceptors (Lipinski definition) is 4. The van der Waals surface area contributed by atoms with Gasteiger partial charge in [0.25, 0.3) is 0 Å². The number of halogens is 1. The summed E-state index contributed by atoms with van der Waals surface area (Å²) in [5.74, 6) is 0.00775. The van der Waals surface area contributed by atoms with Crippen LogP contribution >= 0.6 is 15.9 Å². The van der Waals surface area contributed by atoms with Gasteiger partial charge in [0.15, 0.2) is 9.84 Å². The van der Waals surface area contributed by atoms with E-state index in [2.05, 4.69) is 28.2 Å². The summed E-state index contributed by atoms with van der Waals surface area (Å²) in [6, 6.07) is 3.61. The first-order valence-electron chi connectivity index (χ1n) is 10.9. The van der Waals surface area contributed by atoms with Crippen LogP contribution in [0.5, 0.6) is 0 Å². The van der Waals surface area contributed by atoms with Crippen LogP contribution in [0.2, 0.25) is 0 Å². The van der Waals surface area contributed by atoms with Crippen molar-refractivity contribution in [1.82, 2.24) is 5.32 Å². The summed E-state index contributed by atoms with van der Waals surface area (Å²) in [5.41, 5.74) is 1.40. The summed E-state index contributed by atoms with van der Waals surface area (Å²) in [7, 11) is -3.71. The molecule has 2 amide bonds. The second kappa shape index (κ2) is 8.61. The van der Waals surface area contributed by atoms with Crippen molar-refractivity contribution in [2.45, 2.75) is 69.2 Å². The first kappa shape index (κ1) is 21.8. The normalized spacial score (nSPS) is 23.9. The largest absolute Gasteiger partial charge is 0.353 e. The lowest BCUT2D eigenvalue weighted by molar-refractivity contribution is -0.122. The molecule has 3 aliphatic rings. The minimum atomic E-state index is -3.71. The number of anilines is 1. The van der Waals surface area contributed by atoms with Gasteiger partial charge in [0.1, 0.15) is 0 Å². The standard InChI is InChI=1S/C22H29BrN2O4S/c1-14-4-2-3-5-18(14)24-20(26)9-11-30(28,29)19-13-17(23)12-16-8-10-25(21(16)19)22(27)15-6-7-15/h12-15,18H,2-11H2,1H3,(H,24,26)/t14-,18+/m1/s1. The number of nitrogens with zero attached hydrogens (tertiary/aromatic N) is 1. The van der Waals surface area contributed by atoms with Crippen molar-refractivity contribution >= 4 is 43.3 Å². The second-order valence-electron chi connectivity index (χ2n) is 8.93. The van der Waals surface area contributed by atoms with E-state index >= 15 is 0 Å². The minimum absolute atomic E-state index is 0.0246. The fourth-order valence-electron chi connectivity index (χ4n) is 4.62. The number of nitrogens with one attached hydrogen (secondary N) is 1. The number of carbonyl (C=O) groups is 2. The van der Waals surface area contributed by atoms with E-state index in [-0.39, 0.29) is 40.8 Å². The Kier molecular flexibility index (Phi) is 6.26. The fourth-order valence-corrected chi connectivity index (χ4v) is 6.80. The highest BCUT2D eigenvalue weighted by Gasteiger charge is 2.39. The molecule has 1 aliphatic heterocycles. The third-order valence-electron chi connectivity index (χ3n) is 6.58. The highest BCUT2D eigenvalue weighted by molar-refractivity contribution is 9.10. The Bertz CT molecular complexity index is 958. The van der Waals surface area contributed by atoms with E-state index < -0.39 is 9.84 Å². The van der Waals surface area contributed by atoms with Crippen molar-refractivity contribution in [3.8, 4) is 0 Å². The molecule has 2 atom stereocenters. The zero-order valence-corrected chi connectivity index (χ0v) is 19.7. The number of benzene rings is 1. The molecule has 1 heterocycles. The molecule has 0 unspecified atom stereocenters. The van der Waals surface area contributed by atoms with Crippen LogP contribution in [0.25, 0.3) is 0 Å². The molecule has 4 rings (SSSR count). The molecule has 1 aromatic carbocycles. The number of hydrogen-bond donors (Lipinski definition) is 1. The predicted molar refractivity (Wildman–Crippen MR) is 119 cm³/mol. The van der Waals surface area contributed by atoms with E-state index in [1.807, 2.05) is 6.07 Å². The van der Waals surface area contributed by atoms with Gasteiger partial charge in [-0.1, -0.05) is 35.7 Å². The van der Waals surface area contributed by atoms with Crippen LogP contribution in [0.3, 0.4) is 0 Å². The Morgan fingerprint density at radius 1 is 1.17 bits per heavy atom. The van der Waals surface area contributed by atoms with Crippen LogP contribution in [-0.4, -0.2) is 38.6 Å². The predicted octanol–water partition coefficient (Wildman–Crippen LogP) is 3.61. The molecule has 2 fully saturated rings. The minimum Gasteiger partial charge on any atom is -0.353 e. The van der Waals surface area contributed by atoms with Gasteiger partial charge in [-0.2, -0.15) is 0 Å². The third-order valence-corrected chi connectivity index (χ3v) is 8.76. The molecule has 1 N–H and O–H groups in total. The van der Waals surface area contributed by atoms with Gasteiger partial charge in [0.05, 0.1) is 16.3 Å². The molecule has 0 saturated heterocycles. The summed E-state index contributed by atoms with van der Waals surface area (Å²) >= 11 is 3.41. The molecule has 0 bridgehead atoms. The molecule has 30 heavy (non-hydrogen) atoms. The number of rotatable bonds is 6. The van der Waals surface area contributed by atoms with Crippen LogP contribution < -0.4 is 10.2 Å². The maximum Gasteiger partial charge on any atom is 0.230 e. The van der Waals surface area contributed by atoms with E-state index in [4.69, 9.17) is 0 Å². The Morgan fingerprint density at radius 2 is 1.90 bits per heavy atom. The van der Waals surface area contributed by atoms with Gasteiger partial charge in [-0.25, -0.2) is 8.42 Å². The summed E-state index contributed by atoms with van der Waals surface area (Å²) in [4.78, 5) is 27.0. The van der Waals surface area contributed by atoms with Crippen molar-refractivity contribution in [3.63, 3.8) is 0 Å². The smallest absolute Gasteiger partial charge is 0.230 e. The summed E-state index contributed by atoms with van der Waals surface area (Å²) in [6.45, 7) is 2.65. The van der Waals surface area contributed by atoms with Crippen LogP contribution in [0.4, 0.5) is 5.69 Å². The number of fused-ring (bicyclic) bond motifs is 1. The van der Waals surface area contributed by atoms with Gasteiger partial charge in [-0.05, 0) is 55.7 Å². The second-order valence-corrected chi connectivity index (χ2v) is 11.9. The van der Waals surface area contributed by atoms with Crippen LogP contribution in [0.15, 0.2) is 21.5 Å². The van der Waals surface area contributed by atoms with Gasteiger partial charge in [0.2, 0.25) is 11.8 Å². The number of sulfone groups is 1. The monoisotopic (exact) mass is 496 g/mol. The highest BCUT2D eigenvalue weighted by Crippen LogP contribution is 2.41. The molecule has 0 spiro atoms. The molecule has 0 aromatic heterocycles. The molecule has 8 heteroatoms. The highest BCUT2D eigenvalue weighted by atomic mass is 79.9. The Labute approximate surface area is 186 Å². The Hall–Kier alpha value is -1.41. The average molecular weight is 497 g/mol. The van der Waals surface area contributed by atoms with Gasteiger partial charge in [-0.3, -0.25) is 9.59 Å². The van der Waals surface area contributed by atoms with Gasteiger partial charge < -0.3 is 10.2 Å². The lowest BCUT2D eigenvalue weighted by Gasteiger charge is -2.29. The van der Waals surface area contributed by atoms with Crippen LogP contribution in [0.1, 0.15) is 57.4 Å². The van der Waals surface area contributed by atoms with Crippen molar-refractivity contribution < 1.29 is 18.0 Å². The summed E-state index contributed by atoms with van der Waals surface area (Å²) in [6.07, 6.45) is 6.68. The Morgan fingerprint density at radius 3 is 2.60 bits per heavy atom. The maximum atomic E-state index is 13.2. The quantitative estimate of drug-likeness (QED) is 0.651. The first-order valence-corrected chi connectivity index (χ1v) is 13.4. The zero-order chi connectivity index (χ0) is 21.5. The van der Waals surface area contributed by atoms with Crippen molar-refractivity contribution in [2.24, 2.45) is 11.8 Å². The summed E-state index contributed by atoms with van der Waals surface area (Å²) < 4.78 is 27.1. The van der Waals surface area contributed by atoms with E-state index in [1.54, 1.807) is 11.0 Å². The van der Waals surface area contributed by atoms with Crippen LogP contribution in [0, 0.1) is 11.8 Å². The zero-order valence-electron chi connectivity index (χ0n) is 17.3. The van der Waals surface area contributed by atoms with Crippen molar-refractivity contribution in [1.29, 1.82) is 0 Å². The van der Waals surface area contributed by atoms with Gasteiger partial charge in [-0.15, -0.1) is 0 Å². The number of carbonyl (C=O) groups excluding carboxylic acids is 2. The lowest BCUT2D eigenvalue weighted by atomic mass is 9.86.